The summed E-state index contributed by atoms with van der Waals surface area (Å²) in [6, 6.07) is 6.17. The number of hydrogen-bond donors (Lipinski definition) is 2. The average Bonchev–Trinajstić information content (AvgIpc) is 2.40. The van der Waals surface area contributed by atoms with Crippen molar-refractivity contribution in [2.24, 2.45) is 5.41 Å². The zero-order chi connectivity index (χ0) is 14.0. The van der Waals surface area contributed by atoms with Crippen molar-refractivity contribution >= 4 is 11.9 Å². The molecule has 2 N–H and O–H groups in total. The van der Waals surface area contributed by atoms with Crippen LogP contribution in [0.2, 0.25) is 0 Å². The molecule has 1 aliphatic rings. The minimum absolute atomic E-state index is 0.0182. The van der Waals surface area contributed by atoms with Crippen LogP contribution in [-0.2, 0) is 4.79 Å². The van der Waals surface area contributed by atoms with Gasteiger partial charge in [-0.05, 0) is 37.1 Å². The fraction of sp³-hybridized carbons (Fsp3) is 0.429. The van der Waals surface area contributed by atoms with Crippen molar-refractivity contribution in [2.75, 3.05) is 0 Å². The third-order valence-electron chi connectivity index (χ3n) is 3.83. The molecule has 5 nitrogen and oxygen atoms in total. The number of carbonyl (C=O) groups excluding carboxylic acids is 1. The maximum atomic E-state index is 11.7. The molecule has 2 rings (SSSR count). The summed E-state index contributed by atoms with van der Waals surface area (Å²) in [5, 5.41) is 11.6. The molecule has 1 saturated heterocycles. The van der Waals surface area contributed by atoms with Crippen LogP contribution in [0.5, 0.6) is 5.75 Å². The number of benzene rings is 1. The van der Waals surface area contributed by atoms with E-state index in [9.17, 15) is 9.59 Å². The van der Waals surface area contributed by atoms with Gasteiger partial charge in [0.25, 0.3) is 0 Å². The number of hydrogen-bond acceptors (Lipinski definition) is 3. The first-order valence-electron chi connectivity index (χ1n) is 6.34. The molecule has 1 aromatic rings. The van der Waals surface area contributed by atoms with E-state index in [2.05, 4.69) is 5.32 Å². The van der Waals surface area contributed by atoms with Crippen LogP contribution in [-0.4, -0.2) is 23.2 Å². The highest BCUT2D eigenvalue weighted by molar-refractivity contribution is 5.89. The zero-order valence-corrected chi connectivity index (χ0v) is 11.0. The van der Waals surface area contributed by atoms with E-state index in [1.54, 1.807) is 12.1 Å². The van der Waals surface area contributed by atoms with Crippen LogP contribution in [0.15, 0.2) is 24.3 Å². The predicted octanol–water partition coefficient (Wildman–Crippen LogP) is 2.03. The van der Waals surface area contributed by atoms with Gasteiger partial charge in [-0.2, -0.15) is 0 Å². The van der Waals surface area contributed by atoms with Gasteiger partial charge in [0.05, 0.1) is 5.56 Å². The highest BCUT2D eigenvalue weighted by Crippen LogP contribution is 2.39. The minimum Gasteiger partial charge on any atom is -0.478 e. The van der Waals surface area contributed by atoms with Gasteiger partial charge in [0.2, 0.25) is 5.91 Å². The number of nitrogens with one attached hydrogen (secondary N) is 1. The number of amides is 1. The minimum atomic E-state index is -0.972. The fourth-order valence-corrected chi connectivity index (χ4v) is 2.34. The average molecular weight is 263 g/mol. The largest absolute Gasteiger partial charge is 0.478 e. The molecule has 1 aromatic carbocycles. The number of carboxylic acid groups (broad SMARTS) is 1. The summed E-state index contributed by atoms with van der Waals surface area (Å²) in [7, 11) is 0. The molecule has 1 aliphatic heterocycles. The number of aromatic carboxylic acids is 1. The number of carboxylic acids is 1. The third kappa shape index (κ3) is 2.16. The molecule has 0 aliphatic carbocycles. The first-order valence-corrected chi connectivity index (χ1v) is 6.34. The van der Waals surface area contributed by atoms with Crippen molar-refractivity contribution in [2.45, 2.75) is 32.9 Å². The molecule has 0 spiro atoms. The second kappa shape index (κ2) is 4.91. The Kier molecular flexibility index (Phi) is 3.46. The van der Waals surface area contributed by atoms with E-state index >= 15 is 0 Å². The van der Waals surface area contributed by atoms with Gasteiger partial charge in [0.15, 0.2) is 6.23 Å². The summed E-state index contributed by atoms with van der Waals surface area (Å²) in [5.74, 6) is -0.397. The van der Waals surface area contributed by atoms with Gasteiger partial charge in [0, 0.05) is 0 Å². The molecule has 0 radical (unpaired) electrons. The quantitative estimate of drug-likeness (QED) is 0.797. The van der Waals surface area contributed by atoms with Crippen LogP contribution < -0.4 is 10.1 Å². The molecule has 1 amide bonds. The van der Waals surface area contributed by atoms with Gasteiger partial charge < -0.3 is 15.2 Å². The van der Waals surface area contributed by atoms with E-state index in [1.807, 2.05) is 13.8 Å². The third-order valence-corrected chi connectivity index (χ3v) is 3.83. The predicted molar refractivity (Wildman–Crippen MR) is 69.0 cm³/mol. The highest BCUT2D eigenvalue weighted by atomic mass is 16.5. The number of rotatable bonds is 5. The lowest BCUT2D eigenvalue weighted by Gasteiger charge is -2.47. The Hall–Kier alpha value is -2.04. The monoisotopic (exact) mass is 263 g/mol. The van der Waals surface area contributed by atoms with E-state index in [4.69, 9.17) is 9.84 Å². The summed E-state index contributed by atoms with van der Waals surface area (Å²) >= 11 is 0. The number of ether oxygens (including phenoxy) is 1. The Morgan fingerprint density at radius 2 is 1.89 bits per heavy atom. The van der Waals surface area contributed by atoms with Crippen LogP contribution in [0.3, 0.4) is 0 Å². The Morgan fingerprint density at radius 3 is 2.32 bits per heavy atom. The number of carbonyl (C=O) groups is 2. The zero-order valence-electron chi connectivity index (χ0n) is 11.0. The van der Waals surface area contributed by atoms with E-state index in [1.165, 1.54) is 12.1 Å². The molecular formula is C14H17NO4. The summed E-state index contributed by atoms with van der Waals surface area (Å²) < 4.78 is 5.73. The Balaban J connectivity index is 2.10. The van der Waals surface area contributed by atoms with Crippen molar-refractivity contribution in [3.05, 3.63) is 29.8 Å². The molecule has 1 heterocycles. The Labute approximate surface area is 111 Å². The van der Waals surface area contributed by atoms with Gasteiger partial charge in [-0.25, -0.2) is 4.79 Å². The van der Waals surface area contributed by atoms with Gasteiger partial charge in [-0.1, -0.05) is 13.8 Å². The van der Waals surface area contributed by atoms with Crippen LogP contribution in [0.4, 0.5) is 0 Å². The molecule has 0 saturated carbocycles. The maximum Gasteiger partial charge on any atom is 0.335 e. The lowest BCUT2D eigenvalue weighted by Crippen LogP contribution is -2.69. The van der Waals surface area contributed by atoms with Crippen molar-refractivity contribution in [1.29, 1.82) is 0 Å². The van der Waals surface area contributed by atoms with E-state index < -0.39 is 11.4 Å². The normalized spacial score (nSPS) is 20.3. The van der Waals surface area contributed by atoms with Gasteiger partial charge >= 0.3 is 5.97 Å². The summed E-state index contributed by atoms with van der Waals surface area (Å²) in [5.41, 5.74) is -0.256. The Morgan fingerprint density at radius 1 is 1.32 bits per heavy atom. The summed E-state index contributed by atoms with van der Waals surface area (Å²) in [6.45, 7) is 3.93. The lowest BCUT2D eigenvalue weighted by molar-refractivity contribution is -0.161. The van der Waals surface area contributed by atoms with Crippen LogP contribution >= 0.6 is 0 Å². The molecule has 102 valence electrons. The second-order valence-electron chi connectivity index (χ2n) is 4.66. The molecule has 5 heteroatoms. The van der Waals surface area contributed by atoms with Crippen molar-refractivity contribution in [3.8, 4) is 5.75 Å². The van der Waals surface area contributed by atoms with Crippen molar-refractivity contribution in [3.63, 3.8) is 0 Å². The van der Waals surface area contributed by atoms with Crippen LogP contribution in [0.1, 0.15) is 37.0 Å². The molecule has 19 heavy (non-hydrogen) atoms. The van der Waals surface area contributed by atoms with Crippen LogP contribution in [0.25, 0.3) is 0 Å². The van der Waals surface area contributed by atoms with Crippen molar-refractivity contribution in [1.82, 2.24) is 5.32 Å². The van der Waals surface area contributed by atoms with Crippen molar-refractivity contribution < 1.29 is 19.4 Å². The van der Waals surface area contributed by atoms with Gasteiger partial charge in [-0.3, -0.25) is 4.79 Å². The molecule has 0 aromatic heterocycles. The molecule has 1 unspecified atom stereocenters. The second-order valence-corrected chi connectivity index (χ2v) is 4.66. The first-order chi connectivity index (χ1) is 9.03. The first kappa shape index (κ1) is 13.4. The molecule has 0 bridgehead atoms. The standard InChI is InChI=1S/C14H17NO4/c1-3-14(4-2)12(18)15-13(14)19-10-7-5-9(6-8-10)11(16)17/h5-8,13H,3-4H2,1-2H3,(H,15,18)(H,16,17). The smallest absolute Gasteiger partial charge is 0.335 e. The number of β-lactam (4-membered cyclic amide) rings is 1. The fourth-order valence-electron chi connectivity index (χ4n) is 2.34. The van der Waals surface area contributed by atoms with E-state index in [0.29, 0.717) is 18.6 Å². The van der Waals surface area contributed by atoms with Crippen LogP contribution in [0, 0.1) is 5.41 Å². The molecule has 1 atom stereocenters. The summed E-state index contributed by atoms with van der Waals surface area (Å²) in [4.78, 5) is 22.4. The maximum absolute atomic E-state index is 11.7. The highest BCUT2D eigenvalue weighted by Gasteiger charge is 2.54. The summed E-state index contributed by atoms with van der Waals surface area (Å²) in [6.07, 6.45) is 1.09. The molecular weight excluding hydrogens is 246 g/mol. The lowest BCUT2D eigenvalue weighted by atomic mass is 9.73. The van der Waals surface area contributed by atoms with E-state index in [0.717, 1.165) is 0 Å². The van der Waals surface area contributed by atoms with Gasteiger partial charge in [-0.15, -0.1) is 0 Å². The molecule has 1 fully saturated rings. The Bertz CT molecular complexity index is 491. The SMILES string of the molecule is CCC1(CC)C(=O)NC1Oc1ccc(C(=O)O)cc1. The topological polar surface area (TPSA) is 75.6 Å². The van der Waals surface area contributed by atoms with E-state index in [-0.39, 0.29) is 17.7 Å². The van der Waals surface area contributed by atoms with Gasteiger partial charge in [0.1, 0.15) is 11.2 Å².